The number of rotatable bonds is 6. The van der Waals surface area contributed by atoms with E-state index in [1.165, 1.54) is 37.2 Å². The molecule has 0 aliphatic heterocycles. The second kappa shape index (κ2) is 17.2. The van der Waals surface area contributed by atoms with Gasteiger partial charge in [-0.1, -0.05) is 0 Å². The minimum atomic E-state index is -2.31. The number of nitrogens with zero attached hydrogens (tertiary/aromatic N) is 6. The topological polar surface area (TPSA) is 220 Å². The summed E-state index contributed by atoms with van der Waals surface area (Å²) in [7, 11) is -6.94. The van der Waals surface area contributed by atoms with Gasteiger partial charge in [0.15, 0.2) is 22.0 Å². The third-order valence-corrected chi connectivity index (χ3v) is 2.02. The monoisotopic (exact) mass is 764 g/mol. The quantitative estimate of drug-likeness (QED) is 0.214. The molecule has 0 unspecified atom stereocenters. The minimum absolute atomic E-state index is 0. The van der Waals surface area contributed by atoms with Gasteiger partial charge in [-0.05, 0) is 18.2 Å². The molecule has 0 N–H and O–H groups in total. The zero-order valence-corrected chi connectivity index (χ0v) is 18.7. The van der Waals surface area contributed by atoms with E-state index in [-0.39, 0.29) is 40.2 Å². The normalized spacial score (nSPS) is 8.48. The van der Waals surface area contributed by atoms with Crippen LogP contribution in [0.25, 0.3) is 0 Å². The van der Waals surface area contributed by atoms with Crippen LogP contribution in [0.1, 0.15) is 0 Å². The third kappa shape index (κ3) is 15.8. The Morgan fingerprint density at radius 3 is 0.897 bits per heavy atom. The maximum Gasteiger partial charge on any atom is 3.00 e. The van der Waals surface area contributed by atoms with Crippen LogP contribution in [-0.2, 0) is 40.2 Å². The molecule has 0 aliphatic carbocycles. The van der Waals surface area contributed by atoms with Crippen LogP contribution in [0.2, 0.25) is 0 Å². The van der Waals surface area contributed by atoms with Crippen molar-refractivity contribution >= 4 is 22.0 Å². The van der Waals surface area contributed by atoms with Crippen LogP contribution in [0.3, 0.4) is 0 Å². The summed E-state index contributed by atoms with van der Waals surface area (Å²) >= 11 is 0. The van der Waals surface area contributed by atoms with Crippen molar-refractivity contribution in [2.75, 3.05) is 0 Å². The van der Waals surface area contributed by atoms with Gasteiger partial charge in [0.2, 0.25) is 0 Å². The van der Waals surface area contributed by atoms with Crippen molar-refractivity contribution in [3.05, 3.63) is 55.4 Å². The smallest absolute Gasteiger partial charge is 0.858 e. The van der Waals surface area contributed by atoms with Crippen LogP contribution in [-0.4, -0.2) is 51.8 Å². The Labute approximate surface area is 191 Å². The summed E-state index contributed by atoms with van der Waals surface area (Å²) in [6.45, 7) is 0. The molecule has 0 aromatic carbocycles. The number of hydrogen-bond donors (Lipinski definition) is 0. The molecule has 0 saturated heterocycles. The first-order valence-electron chi connectivity index (χ1n) is 6.82. The SMILES string of the molecule is [Ir+3].[Ir+3].[O-]B([O-])On1cccn1.[O-]B([O-])On1cccn1.[O-]B([O-])On1cccn1. The average molecular weight is 762 g/mol. The van der Waals surface area contributed by atoms with Gasteiger partial charge in [-0.3, -0.25) is 0 Å². The standard InChI is InChI=1S/3C3H3BN2O3.2Ir/c3*7-4(8)9-6-3-1-2-5-6;;/h3*1-3H;;/q3*-2;2*+3. The fraction of sp³-hybridized carbons (Fsp3) is 0. The van der Waals surface area contributed by atoms with Crippen LogP contribution in [0.15, 0.2) is 55.4 Å². The molecule has 3 heterocycles. The maximum atomic E-state index is 9.76. The Morgan fingerprint density at radius 2 is 0.759 bits per heavy atom. The first-order chi connectivity index (χ1) is 12.9. The van der Waals surface area contributed by atoms with E-state index >= 15 is 0 Å². The predicted octanol–water partition coefficient (Wildman–Crippen LogP) is -8.95. The van der Waals surface area contributed by atoms with Crippen molar-refractivity contribution in [1.29, 1.82) is 0 Å². The molecule has 29 heavy (non-hydrogen) atoms. The van der Waals surface area contributed by atoms with Crippen LogP contribution in [0.4, 0.5) is 0 Å². The summed E-state index contributed by atoms with van der Waals surface area (Å²) in [5.74, 6) is 0. The van der Waals surface area contributed by atoms with Gasteiger partial charge in [-0.25, -0.2) is 0 Å². The van der Waals surface area contributed by atoms with Crippen molar-refractivity contribution in [3.8, 4) is 0 Å². The summed E-state index contributed by atoms with van der Waals surface area (Å²) < 4.78 is 12.1. The minimum Gasteiger partial charge on any atom is -0.858 e. The Balaban J connectivity index is 0. The van der Waals surface area contributed by atoms with Gasteiger partial charge >= 0.3 is 40.2 Å². The van der Waals surface area contributed by atoms with Gasteiger partial charge in [0.1, 0.15) is 0 Å². The second-order valence-electron chi connectivity index (χ2n) is 3.91. The van der Waals surface area contributed by atoms with Gasteiger partial charge in [-0.2, -0.15) is 0 Å². The van der Waals surface area contributed by atoms with Crippen molar-refractivity contribution in [1.82, 2.24) is 29.8 Å². The predicted molar refractivity (Wildman–Crippen MR) is 73.7 cm³/mol. The van der Waals surface area contributed by atoms with Crippen LogP contribution in [0, 0.1) is 0 Å². The molecule has 0 radical (unpaired) electrons. The molecule has 0 saturated carbocycles. The van der Waals surface area contributed by atoms with E-state index in [0.717, 1.165) is 14.5 Å². The Kier molecular flexibility index (Phi) is 17.5. The number of hydrogen-bond acceptors (Lipinski definition) is 12. The van der Waals surface area contributed by atoms with E-state index in [4.69, 9.17) is 0 Å². The largest absolute Gasteiger partial charge is 3.00 e. The van der Waals surface area contributed by atoms with Crippen molar-refractivity contribution in [2.45, 2.75) is 0 Å². The summed E-state index contributed by atoms with van der Waals surface area (Å²) in [6, 6.07) is 4.63. The molecule has 156 valence electrons. The summed E-state index contributed by atoms with van der Waals surface area (Å²) in [4.78, 5) is 2.47. The Bertz CT molecular complexity index is 597. The van der Waals surface area contributed by atoms with Crippen LogP contribution >= 0.6 is 0 Å². The van der Waals surface area contributed by atoms with Crippen LogP contribution in [0.5, 0.6) is 0 Å². The van der Waals surface area contributed by atoms with E-state index in [0.29, 0.717) is 0 Å². The van der Waals surface area contributed by atoms with Crippen molar-refractivity contribution < 1.29 is 84.6 Å². The third-order valence-electron chi connectivity index (χ3n) is 2.02. The van der Waals surface area contributed by atoms with Gasteiger partial charge in [0.05, 0.1) is 37.2 Å². The van der Waals surface area contributed by atoms with Crippen LogP contribution < -0.4 is 44.4 Å². The molecular formula is C9H9B3Ir2N6O9. The second-order valence-corrected chi connectivity index (χ2v) is 3.91. The molecule has 0 atom stereocenters. The van der Waals surface area contributed by atoms with E-state index in [1.807, 2.05) is 0 Å². The first-order valence-corrected chi connectivity index (χ1v) is 6.82. The van der Waals surface area contributed by atoms with Gasteiger partial charge in [0.25, 0.3) is 0 Å². The Morgan fingerprint density at radius 1 is 0.517 bits per heavy atom. The summed E-state index contributed by atoms with van der Waals surface area (Å²) in [5, 5.41) is 68.9. The van der Waals surface area contributed by atoms with Gasteiger partial charge in [-0.15, -0.1) is 29.8 Å². The molecule has 3 rings (SSSR count). The van der Waals surface area contributed by atoms with Crippen molar-refractivity contribution in [3.63, 3.8) is 0 Å². The zero-order chi connectivity index (χ0) is 20.1. The first kappa shape index (κ1) is 29.5. The summed E-state index contributed by atoms with van der Waals surface area (Å²) in [6.07, 6.45) is 8.31. The molecule has 0 bridgehead atoms. The summed E-state index contributed by atoms with van der Waals surface area (Å²) in [5.41, 5.74) is 0. The maximum absolute atomic E-state index is 9.76. The molecule has 0 aliphatic rings. The number of aromatic nitrogens is 6. The average Bonchev–Trinajstić information content (AvgIpc) is 3.30. The van der Waals surface area contributed by atoms with E-state index < -0.39 is 22.0 Å². The van der Waals surface area contributed by atoms with Gasteiger partial charge in [0, 0.05) is 0 Å². The fourth-order valence-electron chi connectivity index (χ4n) is 1.22. The molecule has 15 nitrogen and oxygen atoms in total. The molecule has 20 heteroatoms. The van der Waals surface area contributed by atoms with Crippen molar-refractivity contribution in [2.24, 2.45) is 0 Å². The molecule has 0 amide bonds. The molecule has 0 spiro atoms. The molecule has 3 aromatic rings. The molecular weight excluding hydrogens is 753 g/mol. The van der Waals surface area contributed by atoms with E-state index in [1.54, 1.807) is 18.2 Å². The Hall–Kier alpha value is -1.72. The van der Waals surface area contributed by atoms with Gasteiger partial charge < -0.3 is 44.4 Å². The molecule has 3 aromatic heterocycles. The zero-order valence-electron chi connectivity index (χ0n) is 14.0. The fourth-order valence-corrected chi connectivity index (χ4v) is 1.22. The molecule has 0 fully saturated rings. The van der Waals surface area contributed by atoms with E-state index in [2.05, 4.69) is 29.6 Å². The van der Waals surface area contributed by atoms with E-state index in [9.17, 15) is 30.1 Å².